The van der Waals surface area contributed by atoms with Gasteiger partial charge in [0.1, 0.15) is 0 Å². The second-order valence-corrected chi connectivity index (χ2v) is 10.8. The van der Waals surface area contributed by atoms with Gasteiger partial charge in [0.15, 0.2) is 0 Å². The summed E-state index contributed by atoms with van der Waals surface area (Å²) in [4.78, 5) is 5.06. The molecule has 2 unspecified atom stereocenters. The molecule has 2 atom stereocenters. The van der Waals surface area contributed by atoms with Gasteiger partial charge < -0.3 is 0 Å². The Morgan fingerprint density at radius 3 is 1.92 bits per heavy atom. The van der Waals surface area contributed by atoms with E-state index in [1.807, 2.05) is 0 Å². The monoisotopic (exact) mass is 354 g/mol. The van der Waals surface area contributed by atoms with Crippen LogP contribution in [0.1, 0.15) is 72.6 Å². The van der Waals surface area contributed by atoms with Gasteiger partial charge in [-0.2, -0.15) is 0 Å². The molecule has 2 aliphatic heterocycles. The first-order valence-corrected chi connectivity index (χ1v) is 10.4. The van der Waals surface area contributed by atoms with Crippen LogP contribution in [0.4, 0.5) is 8.78 Å². The van der Waals surface area contributed by atoms with Gasteiger partial charge in [-0.3, -0.25) is 9.80 Å². The third kappa shape index (κ3) is 3.05. The summed E-state index contributed by atoms with van der Waals surface area (Å²) in [5.74, 6) is -3.09. The largest absolute Gasteiger partial charge is 0.298 e. The highest BCUT2D eigenvalue weighted by Crippen LogP contribution is 2.60. The average Bonchev–Trinajstić information content (AvgIpc) is 3.11. The van der Waals surface area contributed by atoms with Crippen molar-refractivity contribution in [3.63, 3.8) is 0 Å². The van der Waals surface area contributed by atoms with E-state index in [1.54, 1.807) is 0 Å². The van der Waals surface area contributed by atoms with E-state index in [1.165, 1.54) is 45.2 Å². The van der Waals surface area contributed by atoms with E-state index in [4.69, 9.17) is 0 Å². The smallest absolute Gasteiger partial charge is 0.257 e. The third-order valence-corrected chi connectivity index (χ3v) is 8.36. The van der Waals surface area contributed by atoms with Gasteiger partial charge in [0.25, 0.3) is 5.92 Å². The maximum Gasteiger partial charge on any atom is 0.257 e. The Morgan fingerprint density at radius 2 is 1.36 bits per heavy atom. The van der Waals surface area contributed by atoms with Crippen molar-refractivity contribution < 1.29 is 8.78 Å². The normalized spacial score (nSPS) is 34.8. The molecule has 2 heterocycles. The molecule has 0 aromatic carbocycles. The summed E-state index contributed by atoms with van der Waals surface area (Å²) in [6.45, 7) is 13.0. The third-order valence-electron chi connectivity index (χ3n) is 8.36. The van der Waals surface area contributed by atoms with E-state index in [0.29, 0.717) is 18.5 Å². The van der Waals surface area contributed by atoms with Gasteiger partial charge >= 0.3 is 0 Å². The van der Waals surface area contributed by atoms with Crippen LogP contribution in [0.2, 0.25) is 0 Å². The van der Waals surface area contributed by atoms with Crippen LogP contribution in [0.25, 0.3) is 0 Å². The molecule has 4 aliphatic rings. The Hall–Kier alpha value is -0.220. The molecule has 2 saturated heterocycles. The minimum absolute atomic E-state index is 0.0333. The molecule has 0 bridgehead atoms. The highest BCUT2D eigenvalue weighted by Gasteiger charge is 2.72. The fraction of sp³-hybridized carbons (Fsp3) is 1.00. The van der Waals surface area contributed by atoms with Gasteiger partial charge in [0, 0.05) is 42.5 Å². The first-order chi connectivity index (χ1) is 11.6. The summed E-state index contributed by atoms with van der Waals surface area (Å²) in [6.07, 6.45) is 9.31. The average molecular weight is 355 g/mol. The molecular weight excluding hydrogens is 318 g/mol. The second-order valence-electron chi connectivity index (χ2n) is 10.8. The number of hydrogen-bond donors (Lipinski definition) is 0. The predicted octanol–water partition coefficient (Wildman–Crippen LogP) is 4.79. The molecule has 2 nitrogen and oxygen atoms in total. The standard InChI is InChI=1S/C21H36F2N2/c1-18(2,24-12-11-20(15-24)7-5-6-8-20)9-10-19(3,4)25-13-16-17(14-25)21(16,22)23/h16-17H,5-15H2,1-4H3. The number of hydrogen-bond acceptors (Lipinski definition) is 2. The van der Waals surface area contributed by atoms with Crippen LogP contribution >= 0.6 is 0 Å². The summed E-state index contributed by atoms with van der Waals surface area (Å²) in [5.41, 5.74) is 0.871. The van der Waals surface area contributed by atoms with Crippen LogP contribution in [0.5, 0.6) is 0 Å². The number of rotatable bonds is 5. The fourth-order valence-corrected chi connectivity index (χ4v) is 5.92. The molecule has 0 amide bonds. The van der Waals surface area contributed by atoms with Gasteiger partial charge in [-0.25, -0.2) is 8.78 Å². The molecule has 144 valence electrons. The Bertz CT molecular complexity index is 508. The second kappa shape index (κ2) is 5.64. The Kier molecular flexibility index (Phi) is 4.10. The zero-order valence-corrected chi connectivity index (χ0v) is 16.6. The van der Waals surface area contributed by atoms with Crippen LogP contribution < -0.4 is 0 Å². The lowest BCUT2D eigenvalue weighted by atomic mass is 9.84. The maximum atomic E-state index is 13.5. The molecule has 4 heteroatoms. The van der Waals surface area contributed by atoms with Crippen molar-refractivity contribution in [3.05, 3.63) is 0 Å². The highest BCUT2D eigenvalue weighted by atomic mass is 19.3. The quantitative estimate of drug-likeness (QED) is 0.700. The Balaban J connectivity index is 1.31. The van der Waals surface area contributed by atoms with Gasteiger partial charge in [-0.1, -0.05) is 12.8 Å². The van der Waals surface area contributed by atoms with E-state index in [9.17, 15) is 8.78 Å². The van der Waals surface area contributed by atoms with E-state index in [2.05, 4.69) is 37.5 Å². The van der Waals surface area contributed by atoms with E-state index in [-0.39, 0.29) is 22.9 Å². The number of alkyl halides is 2. The molecule has 2 saturated carbocycles. The minimum atomic E-state index is -2.36. The molecule has 0 aromatic heterocycles. The van der Waals surface area contributed by atoms with E-state index in [0.717, 1.165) is 12.8 Å². The van der Waals surface area contributed by atoms with Crippen molar-refractivity contribution in [2.75, 3.05) is 26.2 Å². The van der Waals surface area contributed by atoms with Crippen LogP contribution in [-0.2, 0) is 0 Å². The summed E-state index contributed by atoms with van der Waals surface area (Å²) >= 11 is 0. The summed E-state index contributed by atoms with van der Waals surface area (Å²) in [6, 6.07) is 0. The number of likely N-dealkylation sites (tertiary alicyclic amines) is 2. The van der Waals surface area contributed by atoms with Crippen molar-refractivity contribution in [3.8, 4) is 0 Å². The van der Waals surface area contributed by atoms with Gasteiger partial charge in [-0.15, -0.1) is 0 Å². The SMILES string of the molecule is CC(C)(CCC(C)(C)N1CCC2(CCCC2)C1)N1CC2C(C1)C2(F)F. The molecule has 0 N–H and O–H groups in total. The van der Waals surface area contributed by atoms with Gasteiger partial charge in [0.2, 0.25) is 0 Å². The van der Waals surface area contributed by atoms with Crippen LogP contribution in [0.3, 0.4) is 0 Å². The summed E-state index contributed by atoms with van der Waals surface area (Å²) in [5, 5.41) is 0. The number of nitrogens with zero attached hydrogens (tertiary/aromatic N) is 2. The van der Waals surface area contributed by atoms with Crippen molar-refractivity contribution in [1.82, 2.24) is 9.80 Å². The topological polar surface area (TPSA) is 6.48 Å². The van der Waals surface area contributed by atoms with E-state index < -0.39 is 5.92 Å². The van der Waals surface area contributed by atoms with Crippen molar-refractivity contribution in [1.29, 1.82) is 0 Å². The minimum Gasteiger partial charge on any atom is -0.298 e. The first-order valence-electron chi connectivity index (χ1n) is 10.4. The van der Waals surface area contributed by atoms with Crippen molar-refractivity contribution >= 4 is 0 Å². The molecule has 25 heavy (non-hydrogen) atoms. The van der Waals surface area contributed by atoms with Crippen LogP contribution in [0.15, 0.2) is 0 Å². The zero-order chi connectivity index (χ0) is 18.1. The van der Waals surface area contributed by atoms with E-state index >= 15 is 0 Å². The number of halogens is 2. The van der Waals surface area contributed by atoms with Crippen molar-refractivity contribution in [2.24, 2.45) is 17.3 Å². The lowest BCUT2D eigenvalue weighted by Crippen LogP contribution is -2.49. The Labute approximate surface area is 152 Å². The summed E-state index contributed by atoms with van der Waals surface area (Å²) < 4.78 is 27.0. The number of piperidine rings is 1. The van der Waals surface area contributed by atoms with Crippen LogP contribution in [0, 0.1) is 17.3 Å². The van der Waals surface area contributed by atoms with Crippen LogP contribution in [-0.4, -0.2) is 53.0 Å². The zero-order valence-electron chi connectivity index (χ0n) is 16.6. The summed E-state index contributed by atoms with van der Waals surface area (Å²) in [7, 11) is 0. The predicted molar refractivity (Wildman–Crippen MR) is 98.0 cm³/mol. The molecule has 4 rings (SSSR count). The molecule has 2 aliphatic carbocycles. The lowest BCUT2D eigenvalue weighted by molar-refractivity contribution is 0.0185. The van der Waals surface area contributed by atoms with Gasteiger partial charge in [-0.05, 0) is 71.8 Å². The lowest BCUT2D eigenvalue weighted by Gasteiger charge is -2.42. The Morgan fingerprint density at radius 1 is 0.840 bits per heavy atom. The first kappa shape index (κ1) is 18.2. The molecule has 0 radical (unpaired) electrons. The maximum absolute atomic E-state index is 13.5. The molecular formula is C21H36F2N2. The van der Waals surface area contributed by atoms with Crippen molar-refractivity contribution in [2.45, 2.75) is 89.6 Å². The molecule has 1 spiro atoms. The molecule has 4 fully saturated rings. The number of fused-ring (bicyclic) bond motifs is 1. The fourth-order valence-electron chi connectivity index (χ4n) is 5.92. The van der Waals surface area contributed by atoms with Gasteiger partial charge in [0.05, 0.1) is 0 Å². The highest BCUT2D eigenvalue weighted by molar-refractivity contribution is 5.14. The molecule has 0 aromatic rings.